The van der Waals surface area contributed by atoms with Gasteiger partial charge in [0.1, 0.15) is 0 Å². The van der Waals surface area contributed by atoms with Crippen molar-refractivity contribution < 1.29 is 23.9 Å². The first-order valence-electron chi connectivity index (χ1n) is 13.2. The molecule has 0 amide bonds. The van der Waals surface area contributed by atoms with Crippen molar-refractivity contribution in [1.29, 1.82) is 0 Å². The van der Waals surface area contributed by atoms with E-state index >= 15 is 0 Å². The van der Waals surface area contributed by atoms with Crippen molar-refractivity contribution in [1.82, 2.24) is 4.57 Å². The van der Waals surface area contributed by atoms with E-state index in [9.17, 15) is 19.7 Å². The van der Waals surface area contributed by atoms with E-state index in [4.69, 9.17) is 14.2 Å². The normalized spacial score (nSPS) is 16.8. The van der Waals surface area contributed by atoms with E-state index in [-0.39, 0.29) is 23.4 Å². The summed E-state index contributed by atoms with van der Waals surface area (Å²) < 4.78 is 18.1. The Morgan fingerprint density at radius 2 is 1.88 bits per heavy atom. The second kappa shape index (κ2) is 11.6. The van der Waals surface area contributed by atoms with Crippen molar-refractivity contribution >= 4 is 34.8 Å². The third-order valence-electron chi connectivity index (χ3n) is 7.20. The van der Waals surface area contributed by atoms with Crippen LogP contribution in [0.1, 0.15) is 43.9 Å². The Kier molecular flexibility index (Phi) is 7.93. The first-order valence-corrected chi connectivity index (χ1v) is 14.0. The van der Waals surface area contributed by atoms with Crippen LogP contribution in [-0.2, 0) is 9.53 Å². The monoisotopic (exact) mass is 578 g/mol. The number of fused-ring (bicyclic) bond motifs is 1. The first-order chi connectivity index (χ1) is 19.8. The molecule has 2 aliphatic heterocycles. The van der Waals surface area contributed by atoms with Crippen molar-refractivity contribution in [3.8, 4) is 11.5 Å². The molecule has 5 rings (SSSR count). The summed E-state index contributed by atoms with van der Waals surface area (Å²) in [6.07, 6.45) is 3.74. The highest BCUT2D eigenvalue weighted by Crippen LogP contribution is 2.36. The fraction of sp³-hybridized carbons (Fsp3) is 0.345. The van der Waals surface area contributed by atoms with Crippen molar-refractivity contribution in [2.45, 2.75) is 32.7 Å². The minimum atomic E-state index is -0.838. The summed E-state index contributed by atoms with van der Waals surface area (Å²) in [5.74, 6) is 0.372. The summed E-state index contributed by atoms with van der Waals surface area (Å²) in [5, 5.41) is 11.6. The summed E-state index contributed by atoms with van der Waals surface area (Å²) in [4.78, 5) is 45.6. The fourth-order valence-corrected chi connectivity index (χ4v) is 6.33. The largest absolute Gasteiger partial charge is 0.493 e. The van der Waals surface area contributed by atoms with Gasteiger partial charge in [-0.3, -0.25) is 19.5 Å². The van der Waals surface area contributed by atoms with Crippen LogP contribution in [0.15, 0.2) is 57.5 Å². The minimum absolute atomic E-state index is 0.0596. The highest BCUT2D eigenvalue weighted by Gasteiger charge is 2.34. The van der Waals surface area contributed by atoms with Crippen molar-refractivity contribution in [3.63, 3.8) is 0 Å². The molecule has 11 nitrogen and oxygen atoms in total. The molecular weight excluding hydrogens is 548 g/mol. The third kappa shape index (κ3) is 5.22. The number of nitrogens with zero attached hydrogens (tertiary/aromatic N) is 4. The molecule has 12 heteroatoms. The van der Waals surface area contributed by atoms with Crippen molar-refractivity contribution in [2.24, 2.45) is 4.99 Å². The van der Waals surface area contributed by atoms with E-state index < -0.39 is 16.9 Å². The molecule has 0 radical (unpaired) electrons. The van der Waals surface area contributed by atoms with Crippen LogP contribution in [0.4, 0.5) is 11.4 Å². The number of benzene rings is 2. The number of nitro benzene ring substituents is 1. The highest BCUT2D eigenvalue weighted by molar-refractivity contribution is 7.07. The number of ether oxygens (including phenoxy) is 3. The molecule has 2 aromatic carbocycles. The third-order valence-corrected chi connectivity index (χ3v) is 8.18. The summed E-state index contributed by atoms with van der Waals surface area (Å²) in [5.41, 5.74) is 2.27. The van der Waals surface area contributed by atoms with Crippen LogP contribution < -0.4 is 29.3 Å². The number of aromatic nitrogens is 1. The van der Waals surface area contributed by atoms with Gasteiger partial charge in [-0.05, 0) is 56.5 Å². The van der Waals surface area contributed by atoms with Gasteiger partial charge < -0.3 is 19.1 Å². The van der Waals surface area contributed by atoms with Crippen LogP contribution in [0.2, 0.25) is 0 Å². The molecule has 41 heavy (non-hydrogen) atoms. The Bertz CT molecular complexity index is 1730. The molecule has 3 aromatic rings. The van der Waals surface area contributed by atoms with E-state index in [1.54, 1.807) is 44.2 Å². The van der Waals surface area contributed by atoms with E-state index in [0.717, 1.165) is 31.6 Å². The SMILES string of the molecule is CCOC(=O)C1=C(C)N=c2sc(=Cc3cc([N+](=O)[O-])ccc3N3CCCC3)c(=O)n2C1c1ccc(OC)c(OC)c1. The zero-order chi connectivity index (χ0) is 29.3. The second-order valence-electron chi connectivity index (χ2n) is 9.61. The van der Waals surface area contributed by atoms with Crippen molar-refractivity contribution in [3.05, 3.63) is 88.6 Å². The molecule has 0 saturated carbocycles. The molecule has 1 atom stereocenters. The number of allylic oxidation sites excluding steroid dienone is 1. The van der Waals surface area contributed by atoms with Gasteiger partial charge in [0.25, 0.3) is 11.2 Å². The number of methoxy groups -OCH3 is 2. The lowest BCUT2D eigenvalue weighted by molar-refractivity contribution is -0.384. The van der Waals surface area contributed by atoms with E-state index in [0.29, 0.717) is 37.7 Å². The van der Waals surface area contributed by atoms with Crippen molar-refractivity contribution in [2.75, 3.05) is 38.8 Å². The Morgan fingerprint density at radius 3 is 2.54 bits per heavy atom. The number of non-ortho nitro benzene ring substituents is 1. The Balaban J connectivity index is 1.74. The molecule has 1 saturated heterocycles. The number of nitro groups is 1. The van der Waals surface area contributed by atoms with E-state index in [1.807, 2.05) is 0 Å². The molecule has 0 bridgehead atoms. The average Bonchev–Trinajstić information content (AvgIpc) is 3.60. The number of hydrogen-bond donors (Lipinski definition) is 0. The summed E-state index contributed by atoms with van der Waals surface area (Å²) >= 11 is 1.17. The van der Waals surface area contributed by atoms with Crippen LogP contribution >= 0.6 is 11.3 Å². The lowest BCUT2D eigenvalue weighted by Gasteiger charge is -2.25. The predicted molar refractivity (Wildman–Crippen MR) is 154 cm³/mol. The van der Waals surface area contributed by atoms with E-state index in [1.165, 1.54) is 42.3 Å². The molecule has 2 aliphatic rings. The molecular formula is C29H30N4O7S. The lowest BCUT2D eigenvalue weighted by atomic mass is 9.95. The van der Waals surface area contributed by atoms with Gasteiger partial charge in [-0.25, -0.2) is 9.79 Å². The Labute approximate surface area is 239 Å². The quantitative estimate of drug-likeness (QED) is 0.226. The van der Waals surface area contributed by atoms with Crippen LogP contribution in [0.25, 0.3) is 6.08 Å². The Morgan fingerprint density at radius 1 is 1.15 bits per heavy atom. The number of rotatable bonds is 8. The van der Waals surface area contributed by atoms with Crippen LogP contribution in [0, 0.1) is 10.1 Å². The lowest BCUT2D eigenvalue weighted by Crippen LogP contribution is -2.40. The number of carbonyl (C=O) groups is 1. The molecule has 0 N–H and O–H groups in total. The minimum Gasteiger partial charge on any atom is -0.493 e. The van der Waals surface area contributed by atoms with Gasteiger partial charge in [0.05, 0.1) is 47.6 Å². The summed E-state index contributed by atoms with van der Waals surface area (Å²) in [6, 6.07) is 9.09. The summed E-state index contributed by atoms with van der Waals surface area (Å²) in [7, 11) is 3.04. The molecule has 214 valence electrons. The van der Waals surface area contributed by atoms with E-state index in [2.05, 4.69) is 9.89 Å². The number of hydrogen-bond acceptors (Lipinski definition) is 10. The summed E-state index contributed by atoms with van der Waals surface area (Å²) in [6.45, 7) is 5.25. The number of esters is 1. The van der Waals surface area contributed by atoms with Gasteiger partial charge >= 0.3 is 5.97 Å². The van der Waals surface area contributed by atoms with Crippen LogP contribution in [0.3, 0.4) is 0 Å². The zero-order valence-corrected chi connectivity index (χ0v) is 24.0. The average molecular weight is 579 g/mol. The molecule has 0 aliphatic carbocycles. The fourth-order valence-electron chi connectivity index (χ4n) is 5.29. The number of carbonyl (C=O) groups excluding carboxylic acids is 1. The molecule has 3 heterocycles. The highest BCUT2D eigenvalue weighted by atomic mass is 32.1. The first kappa shape index (κ1) is 28.1. The molecule has 1 unspecified atom stereocenters. The van der Waals surface area contributed by atoms with Crippen LogP contribution in [-0.4, -0.2) is 49.4 Å². The van der Waals surface area contributed by atoms with Gasteiger partial charge in [0.15, 0.2) is 16.3 Å². The Hall–Kier alpha value is -4.45. The number of anilines is 1. The van der Waals surface area contributed by atoms with Gasteiger partial charge in [-0.1, -0.05) is 17.4 Å². The van der Waals surface area contributed by atoms with Gasteiger partial charge in [0.2, 0.25) is 0 Å². The smallest absolute Gasteiger partial charge is 0.338 e. The maximum Gasteiger partial charge on any atom is 0.338 e. The standard InChI is InChI=1S/C29H30N4O7S/c1-5-40-28(35)25-17(2)30-29-32(26(25)18-8-11-22(38-3)23(15-18)39-4)27(34)24(41-29)16-19-14-20(33(36)37)9-10-21(19)31-12-6-7-13-31/h8-11,14-16,26H,5-7,12-13H2,1-4H3. The maximum absolute atomic E-state index is 14.1. The van der Waals surface area contributed by atoms with Gasteiger partial charge in [-0.2, -0.15) is 0 Å². The van der Waals surface area contributed by atoms with Gasteiger partial charge in [0, 0.05) is 36.5 Å². The topological polar surface area (TPSA) is 126 Å². The van der Waals surface area contributed by atoms with Crippen LogP contribution in [0.5, 0.6) is 11.5 Å². The van der Waals surface area contributed by atoms with Gasteiger partial charge in [-0.15, -0.1) is 0 Å². The molecule has 1 fully saturated rings. The number of thiazole rings is 1. The maximum atomic E-state index is 14.1. The zero-order valence-electron chi connectivity index (χ0n) is 23.2. The second-order valence-corrected chi connectivity index (χ2v) is 10.6. The molecule has 0 spiro atoms. The molecule has 1 aromatic heterocycles. The predicted octanol–water partition coefficient (Wildman–Crippen LogP) is 3.32.